The number of benzene rings is 2. The highest BCUT2D eigenvalue weighted by atomic mass is 32.1. The Morgan fingerprint density at radius 3 is 2.34 bits per heavy atom. The molecule has 0 unspecified atom stereocenters. The molecule has 1 aliphatic heterocycles. The van der Waals surface area contributed by atoms with Gasteiger partial charge in [0.05, 0.1) is 19.8 Å². The van der Waals surface area contributed by atoms with E-state index in [9.17, 15) is 9.59 Å². The van der Waals surface area contributed by atoms with Gasteiger partial charge in [-0.05, 0) is 40.6 Å². The van der Waals surface area contributed by atoms with Gasteiger partial charge in [-0.2, -0.15) is 0 Å². The number of hydrogen-bond acceptors (Lipinski definition) is 5. The fourth-order valence-corrected chi connectivity index (χ4v) is 5.10. The minimum absolute atomic E-state index is 0.0124. The highest BCUT2D eigenvalue weighted by Gasteiger charge is 2.23. The summed E-state index contributed by atoms with van der Waals surface area (Å²) < 4.78 is 5.47. The smallest absolute Gasteiger partial charge is 0.322 e. The van der Waals surface area contributed by atoms with Crippen LogP contribution < -0.4 is 5.32 Å². The third-order valence-electron chi connectivity index (χ3n) is 6.73. The predicted molar refractivity (Wildman–Crippen MR) is 153 cm³/mol. The number of hydrogen-bond donors (Lipinski definition) is 1. The van der Waals surface area contributed by atoms with E-state index in [-0.39, 0.29) is 18.5 Å². The highest BCUT2D eigenvalue weighted by molar-refractivity contribution is 7.09. The number of nitrogens with zero attached hydrogens (tertiary/aromatic N) is 3. The number of rotatable bonds is 11. The lowest BCUT2D eigenvalue weighted by atomic mass is 10.0. The summed E-state index contributed by atoms with van der Waals surface area (Å²) in [6, 6.07) is 21.7. The molecule has 1 saturated heterocycles. The topological polar surface area (TPSA) is 65.1 Å². The first kappa shape index (κ1) is 27.8. The Labute approximate surface area is 230 Å². The lowest BCUT2D eigenvalue weighted by molar-refractivity contribution is -0.133. The SMILES string of the molecule is CC(C)c1ccc(NC(=O)N(CCN2CCOCC2)CC(=O)N(Cc2ccccc2)Cc2cccs2)cc1. The third kappa shape index (κ3) is 8.41. The molecule has 7 nitrogen and oxygen atoms in total. The van der Waals surface area contributed by atoms with Crippen LogP contribution in [0.15, 0.2) is 72.1 Å². The quantitative estimate of drug-likeness (QED) is 0.364. The molecule has 202 valence electrons. The Morgan fingerprint density at radius 1 is 0.947 bits per heavy atom. The van der Waals surface area contributed by atoms with Crippen LogP contribution >= 0.6 is 11.3 Å². The molecule has 4 rings (SSSR count). The second-order valence-electron chi connectivity index (χ2n) is 9.90. The largest absolute Gasteiger partial charge is 0.379 e. The van der Waals surface area contributed by atoms with E-state index in [1.165, 1.54) is 5.56 Å². The Hall–Kier alpha value is -3.20. The van der Waals surface area contributed by atoms with Crippen LogP contribution in [0.4, 0.5) is 10.5 Å². The van der Waals surface area contributed by atoms with Gasteiger partial charge in [0.15, 0.2) is 0 Å². The maximum Gasteiger partial charge on any atom is 0.322 e. The molecule has 1 N–H and O–H groups in total. The van der Waals surface area contributed by atoms with Crippen LogP contribution in [0.2, 0.25) is 0 Å². The second-order valence-corrected chi connectivity index (χ2v) is 10.9. The van der Waals surface area contributed by atoms with Crippen molar-refractivity contribution in [3.63, 3.8) is 0 Å². The van der Waals surface area contributed by atoms with Crippen LogP contribution in [0, 0.1) is 0 Å². The van der Waals surface area contributed by atoms with E-state index in [1.54, 1.807) is 16.2 Å². The summed E-state index contributed by atoms with van der Waals surface area (Å²) in [6.07, 6.45) is 0. The van der Waals surface area contributed by atoms with Crippen molar-refractivity contribution >= 4 is 29.0 Å². The molecule has 1 fully saturated rings. The molecule has 0 bridgehead atoms. The van der Waals surface area contributed by atoms with Gasteiger partial charge in [0.2, 0.25) is 5.91 Å². The van der Waals surface area contributed by atoms with Crippen molar-refractivity contribution < 1.29 is 14.3 Å². The van der Waals surface area contributed by atoms with Crippen molar-refractivity contribution in [2.75, 3.05) is 51.3 Å². The number of ether oxygens (including phenoxy) is 1. The van der Waals surface area contributed by atoms with Crippen molar-refractivity contribution in [2.45, 2.75) is 32.9 Å². The number of thiophene rings is 1. The molecule has 0 saturated carbocycles. The summed E-state index contributed by atoms with van der Waals surface area (Å²) in [5.74, 6) is 0.343. The van der Waals surface area contributed by atoms with Crippen LogP contribution in [-0.2, 0) is 22.6 Å². The second kappa shape index (κ2) is 14.1. The summed E-state index contributed by atoms with van der Waals surface area (Å²) >= 11 is 1.63. The summed E-state index contributed by atoms with van der Waals surface area (Å²) in [5.41, 5.74) is 3.00. The van der Waals surface area contributed by atoms with Crippen molar-refractivity contribution in [1.82, 2.24) is 14.7 Å². The minimum atomic E-state index is -0.264. The average molecular weight is 535 g/mol. The number of carbonyl (C=O) groups excluding carboxylic acids is 2. The van der Waals surface area contributed by atoms with Crippen molar-refractivity contribution in [2.24, 2.45) is 0 Å². The summed E-state index contributed by atoms with van der Waals surface area (Å²) in [4.78, 5) is 34.0. The van der Waals surface area contributed by atoms with Gasteiger partial charge in [0.1, 0.15) is 6.54 Å². The number of nitrogens with one attached hydrogen (secondary N) is 1. The molecule has 38 heavy (non-hydrogen) atoms. The number of carbonyl (C=O) groups is 2. The Bertz CT molecular complexity index is 1130. The molecule has 0 aliphatic carbocycles. The van der Waals surface area contributed by atoms with E-state index >= 15 is 0 Å². The maximum atomic E-state index is 13.7. The zero-order valence-corrected chi connectivity index (χ0v) is 23.2. The monoisotopic (exact) mass is 534 g/mol. The first-order chi connectivity index (χ1) is 18.5. The lowest BCUT2D eigenvalue weighted by Crippen LogP contribution is -2.48. The summed E-state index contributed by atoms with van der Waals surface area (Å²) in [7, 11) is 0. The highest BCUT2D eigenvalue weighted by Crippen LogP contribution is 2.18. The molecule has 8 heteroatoms. The Morgan fingerprint density at radius 2 is 1.68 bits per heavy atom. The molecule has 1 aliphatic rings. The fraction of sp³-hybridized carbons (Fsp3) is 0.400. The standard InChI is InChI=1S/C30H38N4O3S/c1-24(2)26-10-12-27(13-11-26)31-30(36)33(15-14-32-16-18-37-19-17-32)23-29(35)34(22-28-9-6-20-38-28)21-25-7-4-3-5-8-25/h3-13,20,24H,14-19,21-23H2,1-2H3,(H,31,36). The van der Waals surface area contributed by atoms with Crippen LogP contribution in [-0.4, -0.2) is 72.6 Å². The van der Waals surface area contributed by atoms with E-state index in [4.69, 9.17) is 4.74 Å². The molecule has 2 heterocycles. The normalized spacial score (nSPS) is 13.9. The van der Waals surface area contributed by atoms with Crippen LogP contribution in [0.25, 0.3) is 0 Å². The first-order valence-electron chi connectivity index (χ1n) is 13.3. The van der Waals surface area contributed by atoms with Crippen molar-refractivity contribution in [3.8, 4) is 0 Å². The van der Waals surface area contributed by atoms with Crippen molar-refractivity contribution in [3.05, 3.63) is 88.1 Å². The number of anilines is 1. The fourth-order valence-electron chi connectivity index (χ4n) is 4.38. The molecule has 3 amide bonds. The molecular formula is C30H38N4O3S. The molecule has 2 aromatic carbocycles. The van der Waals surface area contributed by atoms with E-state index in [0.717, 1.165) is 29.2 Å². The minimum Gasteiger partial charge on any atom is -0.379 e. The van der Waals surface area contributed by atoms with E-state index < -0.39 is 0 Å². The van der Waals surface area contributed by atoms with Gasteiger partial charge in [-0.25, -0.2) is 4.79 Å². The van der Waals surface area contributed by atoms with Crippen LogP contribution in [0.5, 0.6) is 0 Å². The number of morpholine rings is 1. The first-order valence-corrected chi connectivity index (χ1v) is 14.2. The van der Waals surface area contributed by atoms with Gasteiger partial charge in [-0.3, -0.25) is 9.69 Å². The van der Waals surface area contributed by atoms with Crippen LogP contribution in [0.3, 0.4) is 0 Å². The van der Waals surface area contributed by atoms with Gasteiger partial charge in [-0.1, -0.05) is 62.4 Å². The maximum absolute atomic E-state index is 13.7. The third-order valence-corrected chi connectivity index (χ3v) is 7.59. The molecule has 0 spiro atoms. The number of amides is 3. The van der Waals surface area contributed by atoms with Gasteiger partial charge >= 0.3 is 6.03 Å². The zero-order valence-electron chi connectivity index (χ0n) is 22.3. The molecule has 3 aromatic rings. The summed E-state index contributed by atoms with van der Waals surface area (Å²) in [5, 5.41) is 5.03. The molecule has 1 aromatic heterocycles. The van der Waals surface area contributed by atoms with Crippen LogP contribution in [0.1, 0.15) is 35.8 Å². The van der Waals surface area contributed by atoms with Gasteiger partial charge in [0, 0.05) is 43.3 Å². The van der Waals surface area contributed by atoms with Gasteiger partial charge < -0.3 is 19.9 Å². The summed E-state index contributed by atoms with van der Waals surface area (Å²) in [6.45, 7) is 9.51. The van der Waals surface area contributed by atoms with E-state index in [1.807, 2.05) is 77.0 Å². The van der Waals surface area contributed by atoms with Gasteiger partial charge in [-0.15, -0.1) is 11.3 Å². The molecular weight excluding hydrogens is 496 g/mol. The Balaban J connectivity index is 1.47. The number of urea groups is 1. The lowest BCUT2D eigenvalue weighted by Gasteiger charge is -2.31. The average Bonchev–Trinajstić information content (AvgIpc) is 3.45. The van der Waals surface area contributed by atoms with E-state index in [2.05, 4.69) is 24.1 Å². The predicted octanol–water partition coefficient (Wildman–Crippen LogP) is 5.27. The van der Waals surface area contributed by atoms with E-state index in [0.29, 0.717) is 45.3 Å². The Kier molecular flexibility index (Phi) is 10.3. The molecule has 0 atom stereocenters. The molecule has 0 radical (unpaired) electrons. The van der Waals surface area contributed by atoms with Crippen molar-refractivity contribution in [1.29, 1.82) is 0 Å². The zero-order chi connectivity index (χ0) is 26.7. The van der Waals surface area contributed by atoms with Gasteiger partial charge in [0.25, 0.3) is 0 Å².